The number of benzene rings is 1. The fraction of sp³-hybridized carbons (Fsp3) is 0.333. The highest BCUT2D eigenvalue weighted by atomic mass is 79.9. The Bertz CT molecular complexity index is 481. The van der Waals surface area contributed by atoms with Crippen LogP contribution in [0.5, 0.6) is 0 Å². The SMILES string of the molecule is Cc1ccc(Br)cc1C(=O)N1CC(C(=O)O)C1. The molecule has 1 aromatic rings. The first kappa shape index (κ1) is 12.1. The van der Waals surface area contributed by atoms with E-state index in [0.717, 1.165) is 10.0 Å². The van der Waals surface area contributed by atoms with Crippen molar-refractivity contribution in [3.05, 3.63) is 33.8 Å². The van der Waals surface area contributed by atoms with Crippen LogP contribution in [0, 0.1) is 12.8 Å². The summed E-state index contributed by atoms with van der Waals surface area (Å²) in [6, 6.07) is 5.51. The van der Waals surface area contributed by atoms with E-state index in [4.69, 9.17) is 5.11 Å². The van der Waals surface area contributed by atoms with Crippen LogP contribution in [0.2, 0.25) is 0 Å². The molecule has 1 amide bonds. The van der Waals surface area contributed by atoms with Crippen LogP contribution < -0.4 is 0 Å². The minimum absolute atomic E-state index is 0.0960. The van der Waals surface area contributed by atoms with E-state index >= 15 is 0 Å². The number of carboxylic acid groups (broad SMARTS) is 1. The van der Waals surface area contributed by atoms with Crippen molar-refractivity contribution < 1.29 is 14.7 Å². The Balaban J connectivity index is 2.11. The molecule has 0 spiro atoms. The van der Waals surface area contributed by atoms with Gasteiger partial charge in [0, 0.05) is 23.1 Å². The van der Waals surface area contributed by atoms with Crippen molar-refractivity contribution in [3.8, 4) is 0 Å². The highest BCUT2D eigenvalue weighted by Gasteiger charge is 2.36. The maximum absolute atomic E-state index is 12.1. The average molecular weight is 298 g/mol. The van der Waals surface area contributed by atoms with Crippen molar-refractivity contribution in [1.82, 2.24) is 4.90 Å². The van der Waals surface area contributed by atoms with Crippen LogP contribution in [0.25, 0.3) is 0 Å². The molecular weight excluding hydrogens is 286 g/mol. The van der Waals surface area contributed by atoms with Gasteiger partial charge in [-0.25, -0.2) is 0 Å². The number of carboxylic acids is 1. The number of aryl methyl sites for hydroxylation is 1. The Hall–Kier alpha value is -1.36. The quantitative estimate of drug-likeness (QED) is 0.907. The van der Waals surface area contributed by atoms with Gasteiger partial charge in [-0.1, -0.05) is 22.0 Å². The van der Waals surface area contributed by atoms with Gasteiger partial charge in [-0.3, -0.25) is 9.59 Å². The number of rotatable bonds is 2. The molecule has 0 radical (unpaired) electrons. The third kappa shape index (κ3) is 2.34. The zero-order chi connectivity index (χ0) is 12.6. The standard InChI is InChI=1S/C12H12BrNO3/c1-7-2-3-9(13)4-10(7)11(15)14-5-8(6-14)12(16)17/h2-4,8H,5-6H2,1H3,(H,16,17). The van der Waals surface area contributed by atoms with Crippen LogP contribution in [0.4, 0.5) is 0 Å². The summed E-state index contributed by atoms with van der Waals surface area (Å²) in [5.74, 6) is -1.34. The highest BCUT2D eigenvalue weighted by Crippen LogP contribution is 2.22. The molecule has 0 atom stereocenters. The van der Waals surface area contributed by atoms with E-state index < -0.39 is 11.9 Å². The average Bonchev–Trinajstić information content (AvgIpc) is 2.18. The molecule has 0 saturated carbocycles. The normalized spacial score (nSPS) is 15.5. The number of halogens is 1. The molecule has 0 unspecified atom stereocenters. The minimum Gasteiger partial charge on any atom is -0.481 e. The Morgan fingerprint density at radius 2 is 2.06 bits per heavy atom. The second-order valence-electron chi connectivity index (χ2n) is 4.20. The molecule has 4 nitrogen and oxygen atoms in total. The van der Waals surface area contributed by atoms with Gasteiger partial charge in [0.25, 0.3) is 5.91 Å². The molecule has 1 saturated heterocycles. The molecule has 2 rings (SSSR count). The Kier molecular flexibility index (Phi) is 3.19. The van der Waals surface area contributed by atoms with Crippen LogP contribution in [0.3, 0.4) is 0 Å². The molecule has 1 heterocycles. The monoisotopic (exact) mass is 297 g/mol. The van der Waals surface area contributed by atoms with Crippen LogP contribution in [-0.4, -0.2) is 35.0 Å². The van der Waals surface area contributed by atoms with Crippen molar-refractivity contribution in [2.45, 2.75) is 6.92 Å². The molecule has 17 heavy (non-hydrogen) atoms. The van der Waals surface area contributed by atoms with Crippen LogP contribution >= 0.6 is 15.9 Å². The van der Waals surface area contributed by atoms with Crippen molar-refractivity contribution in [2.75, 3.05) is 13.1 Å². The number of aliphatic carboxylic acids is 1. The number of hydrogen-bond acceptors (Lipinski definition) is 2. The second kappa shape index (κ2) is 4.49. The molecule has 1 aliphatic rings. The molecule has 0 aromatic heterocycles. The third-order valence-electron chi connectivity index (χ3n) is 2.95. The largest absolute Gasteiger partial charge is 0.481 e. The summed E-state index contributed by atoms with van der Waals surface area (Å²) in [6.07, 6.45) is 0. The lowest BCUT2D eigenvalue weighted by atomic mass is 9.98. The van der Waals surface area contributed by atoms with Crippen molar-refractivity contribution in [2.24, 2.45) is 5.92 Å². The molecule has 90 valence electrons. The lowest BCUT2D eigenvalue weighted by Gasteiger charge is -2.37. The first-order valence-electron chi connectivity index (χ1n) is 5.27. The second-order valence-corrected chi connectivity index (χ2v) is 5.12. The summed E-state index contributed by atoms with van der Waals surface area (Å²) in [7, 11) is 0. The number of amides is 1. The number of likely N-dealkylation sites (tertiary alicyclic amines) is 1. The predicted octanol–water partition coefficient (Wildman–Crippen LogP) is 1.91. The number of carbonyl (C=O) groups is 2. The van der Waals surface area contributed by atoms with Crippen LogP contribution in [0.1, 0.15) is 15.9 Å². The lowest BCUT2D eigenvalue weighted by molar-refractivity contribution is -0.146. The van der Waals surface area contributed by atoms with Gasteiger partial charge in [0.1, 0.15) is 0 Å². The first-order chi connectivity index (χ1) is 7.99. The van der Waals surface area contributed by atoms with Gasteiger partial charge in [0.05, 0.1) is 5.92 Å². The first-order valence-corrected chi connectivity index (χ1v) is 6.06. The summed E-state index contributed by atoms with van der Waals surface area (Å²) in [5.41, 5.74) is 1.53. The number of carbonyl (C=O) groups excluding carboxylic acids is 1. The maximum Gasteiger partial charge on any atom is 0.310 e. The predicted molar refractivity (Wildman–Crippen MR) is 65.9 cm³/mol. The highest BCUT2D eigenvalue weighted by molar-refractivity contribution is 9.10. The molecule has 0 aliphatic carbocycles. The lowest BCUT2D eigenvalue weighted by Crippen LogP contribution is -2.53. The molecule has 0 bridgehead atoms. The van der Waals surface area contributed by atoms with Crippen LogP contribution in [-0.2, 0) is 4.79 Å². The minimum atomic E-state index is -0.833. The van der Waals surface area contributed by atoms with E-state index in [1.54, 1.807) is 11.0 Å². The van der Waals surface area contributed by atoms with Gasteiger partial charge in [-0.05, 0) is 24.6 Å². The van der Waals surface area contributed by atoms with Gasteiger partial charge in [0.15, 0.2) is 0 Å². The Labute approximate surface area is 107 Å². The molecular formula is C12H12BrNO3. The van der Waals surface area contributed by atoms with E-state index in [9.17, 15) is 9.59 Å². The Morgan fingerprint density at radius 3 is 2.65 bits per heavy atom. The Morgan fingerprint density at radius 1 is 1.41 bits per heavy atom. The molecule has 5 heteroatoms. The smallest absolute Gasteiger partial charge is 0.310 e. The summed E-state index contributed by atoms with van der Waals surface area (Å²) < 4.78 is 0.849. The van der Waals surface area contributed by atoms with Crippen molar-refractivity contribution >= 4 is 27.8 Å². The number of nitrogens with zero attached hydrogens (tertiary/aromatic N) is 1. The molecule has 1 fully saturated rings. The topological polar surface area (TPSA) is 57.6 Å². The maximum atomic E-state index is 12.1. The van der Waals surface area contributed by atoms with Gasteiger partial charge in [-0.2, -0.15) is 0 Å². The molecule has 1 aliphatic heterocycles. The summed E-state index contributed by atoms with van der Waals surface area (Å²) in [5, 5.41) is 8.76. The van der Waals surface area contributed by atoms with E-state index in [2.05, 4.69) is 15.9 Å². The molecule has 1 N–H and O–H groups in total. The van der Waals surface area contributed by atoms with Crippen LogP contribution in [0.15, 0.2) is 22.7 Å². The summed E-state index contributed by atoms with van der Waals surface area (Å²) in [6.45, 7) is 2.48. The van der Waals surface area contributed by atoms with Gasteiger partial charge in [0.2, 0.25) is 0 Å². The van der Waals surface area contributed by atoms with E-state index in [0.29, 0.717) is 18.7 Å². The summed E-state index contributed by atoms with van der Waals surface area (Å²) >= 11 is 3.32. The van der Waals surface area contributed by atoms with Gasteiger partial charge < -0.3 is 10.0 Å². The van der Waals surface area contributed by atoms with Crippen molar-refractivity contribution in [1.29, 1.82) is 0 Å². The summed E-state index contributed by atoms with van der Waals surface area (Å²) in [4.78, 5) is 24.3. The van der Waals surface area contributed by atoms with E-state index in [-0.39, 0.29) is 5.91 Å². The zero-order valence-electron chi connectivity index (χ0n) is 9.31. The third-order valence-corrected chi connectivity index (χ3v) is 3.44. The van der Waals surface area contributed by atoms with Gasteiger partial charge in [-0.15, -0.1) is 0 Å². The zero-order valence-corrected chi connectivity index (χ0v) is 10.9. The van der Waals surface area contributed by atoms with E-state index in [1.807, 2.05) is 19.1 Å². The fourth-order valence-corrected chi connectivity index (χ4v) is 2.16. The number of hydrogen-bond donors (Lipinski definition) is 1. The van der Waals surface area contributed by atoms with E-state index in [1.165, 1.54) is 0 Å². The van der Waals surface area contributed by atoms with Gasteiger partial charge >= 0.3 is 5.97 Å². The fourth-order valence-electron chi connectivity index (χ4n) is 1.80. The van der Waals surface area contributed by atoms with Crippen molar-refractivity contribution in [3.63, 3.8) is 0 Å². The molecule has 1 aromatic carbocycles.